The number of amides is 4. The Hall–Kier alpha value is -2.37. The molecule has 25 heavy (non-hydrogen) atoms. The highest BCUT2D eigenvalue weighted by molar-refractivity contribution is 6.09. The van der Waals surface area contributed by atoms with Crippen molar-refractivity contribution in [3.8, 4) is 0 Å². The van der Waals surface area contributed by atoms with E-state index in [0.717, 1.165) is 42.6 Å². The molecular weight excluding hydrogens is 318 g/mol. The third-order valence-corrected chi connectivity index (χ3v) is 5.09. The van der Waals surface area contributed by atoms with E-state index in [2.05, 4.69) is 10.6 Å². The SMILES string of the molecule is CCC[C@@]1(c2ccccc2)NC(=O)N(CC(=O)NC2CCCC2)C1=O. The summed E-state index contributed by atoms with van der Waals surface area (Å²) in [6.07, 6.45) is 5.40. The monoisotopic (exact) mass is 343 g/mol. The van der Waals surface area contributed by atoms with Gasteiger partial charge in [-0.2, -0.15) is 0 Å². The molecule has 1 aromatic rings. The van der Waals surface area contributed by atoms with E-state index in [1.54, 1.807) is 0 Å². The van der Waals surface area contributed by atoms with Crippen LogP contribution in [0.25, 0.3) is 0 Å². The van der Waals surface area contributed by atoms with Gasteiger partial charge >= 0.3 is 6.03 Å². The summed E-state index contributed by atoms with van der Waals surface area (Å²) in [4.78, 5) is 38.8. The second kappa shape index (κ2) is 7.25. The molecule has 1 saturated carbocycles. The highest BCUT2D eigenvalue weighted by Crippen LogP contribution is 2.33. The molecule has 1 aliphatic carbocycles. The summed E-state index contributed by atoms with van der Waals surface area (Å²) in [5, 5.41) is 5.77. The lowest BCUT2D eigenvalue weighted by Gasteiger charge is -2.27. The summed E-state index contributed by atoms with van der Waals surface area (Å²) < 4.78 is 0. The number of rotatable bonds is 6. The molecule has 0 bridgehead atoms. The van der Waals surface area contributed by atoms with E-state index < -0.39 is 11.6 Å². The van der Waals surface area contributed by atoms with E-state index in [0.29, 0.717) is 6.42 Å². The molecule has 4 amide bonds. The lowest BCUT2D eigenvalue weighted by molar-refractivity contribution is -0.135. The molecule has 6 heteroatoms. The molecule has 3 rings (SSSR count). The summed E-state index contributed by atoms with van der Waals surface area (Å²) in [6.45, 7) is 1.75. The van der Waals surface area contributed by atoms with Gasteiger partial charge in [-0.05, 0) is 24.8 Å². The van der Waals surface area contributed by atoms with Gasteiger partial charge < -0.3 is 10.6 Å². The molecule has 6 nitrogen and oxygen atoms in total. The molecule has 0 radical (unpaired) electrons. The fourth-order valence-corrected chi connectivity index (χ4v) is 3.86. The van der Waals surface area contributed by atoms with Crippen molar-refractivity contribution in [3.63, 3.8) is 0 Å². The molecule has 1 aliphatic heterocycles. The molecule has 0 unspecified atom stereocenters. The van der Waals surface area contributed by atoms with E-state index in [4.69, 9.17) is 0 Å². The zero-order valence-electron chi connectivity index (χ0n) is 14.6. The van der Waals surface area contributed by atoms with Crippen LogP contribution in [-0.2, 0) is 15.1 Å². The van der Waals surface area contributed by atoms with Gasteiger partial charge in [0.05, 0.1) is 0 Å². The highest BCUT2D eigenvalue weighted by atomic mass is 16.2. The molecule has 2 aliphatic rings. The van der Waals surface area contributed by atoms with Crippen molar-refractivity contribution in [1.82, 2.24) is 15.5 Å². The quantitative estimate of drug-likeness (QED) is 0.778. The Morgan fingerprint density at radius 2 is 1.92 bits per heavy atom. The zero-order chi connectivity index (χ0) is 17.9. The zero-order valence-corrected chi connectivity index (χ0v) is 14.6. The summed E-state index contributed by atoms with van der Waals surface area (Å²) in [7, 11) is 0. The topological polar surface area (TPSA) is 78.5 Å². The molecule has 1 aromatic carbocycles. The maximum atomic E-state index is 13.1. The van der Waals surface area contributed by atoms with E-state index in [1.165, 1.54) is 0 Å². The minimum Gasteiger partial charge on any atom is -0.352 e. The third-order valence-electron chi connectivity index (χ3n) is 5.09. The van der Waals surface area contributed by atoms with Gasteiger partial charge in [-0.15, -0.1) is 0 Å². The average molecular weight is 343 g/mol. The van der Waals surface area contributed by atoms with Gasteiger partial charge in [-0.25, -0.2) is 4.79 Å². The second-order valence-corrected chi connectivity index (χ2v) is 6.89. The Balaban J connectivity index is 1.76. The molecule has 2 fully saturated rings. The van der Waals surface area contributed by atoms with E-state index in [1.807, 2.05) is 37.3 Å². The number of carbonyl (C=O) groups excluding carboxylic acids is 3. The first-order valence-electron chi connectivity index (χ1n) is 9.06. The van der Waals surface area contributed by atoms with Gasteiger partial charge in [-0.3, -0.25) is 14.5 Å². The number of imide groups is 1. The minimum atomic E-state index is -1.07. The Bertz CT molecular complexity index is 655. The van der Waals surface area contributed by atoms with Crippen LogP contribution in [0.1, 0.15) is 51.0 Å². The van der Waals surface area contributed by atoms with Gasteiger partial charge in [0.1, 0.15) is 12.1 Å². The van der Waals surface area contributed by atoms with Crippen molar-refractivity contribution in [1.29, 1.82) is 0 Å². The number of hydrogen-bond donors (Lipinski definition) is 2. The number of urea groups is 1. The lowest BCUT2D eigenvalue weighted by Crippen LogP contribution is -2.46. The smallest absolute Gasteiger partial charge is 0.325 e. The number of nitrogens with zero attached hydrogens (tertiary/aromatic N) is 1. The Morgan fingerprint density at radius 1 is 1.24 bits per heavy atom. The molecule has 1 heterocycles. The van der Waals surface area contributed by atoms with Crippen molar-refractivity contribution in [2.45, 2.75) is 57.0 Å². The van der Waals surface area contributed by atoms with Gasteiger partial charge in [0.15, 0.2) is 0 Å². The number of carbonyl (C=O) groups is 3. The van der Waals surface area contributed by atoms with Crippen LogP contribution in [0.15, 0.2) is 30.3 Å². The molecule has 0 aromatic heterocycles. The number of nitrogens with one attached hydrogen (secondary N) is 2. The second-order valence-electron chi connectivity index (χ2n) is 6.89. The molecule has 1 saturated heterocycles. The molecule has 1 atom stereocenters. The van der Waals surface area contributed by atoms with E-state index in [9.17, 15) is 14.4 Å². The van der Waals surface area contributed by atoms with Crippen molar-refractivity contribution >= 4 is 17.8 Å². The Morgan fingerprint density at radius 3 is 2.56 bits per heavy atom. The van der Waals surface area contributed by atoms with Crippen molar-refractivity contribution in [2.24, 2.45) is 0 Å². The van der Waals surface area contributed by atoms with Crippen LogP contribution in [-0.4, -0.2) is 35.3 Å². The van der Waals surface area contributed by atoms with Crippen LogP contribution in [0.2, 0.25) is 0 Å². The van der Waals surface area contributed by atoms with E-state index >= 15 is 0 Å². The van der Waals surface area contributed by atoms with Gasteiger partial charge in [0.2, 0.25) is 5.91 Å². The Kier molecular flexibility index (Phi) is 5.06. The molecular formula is C19H25N3O3. The predicted octanol–water partition coefficient (Wildman–Crippen LogP) is 2.29. The van der Waals surface area contributed by atoms with Gasteiger partial charge in [0, 0.05) is 6.04 Å². The molecule has 134 valence electrons. The van der Waals surface area contributed by atoms with Crippen molar-refractivity contribution < 1.29 is 14.4 Å². The fourth-order valence-electron chi connectivity index (χ4n) is 3.86. The Labute approximate surface area is 148 Å². The standard InChI is InChI=1S/C19H25N3O3/c1-2-12-19(14-8-4-3-5-9-14)17(24)22(18(25)21-19)13-16(23)20-15-10-6-7-11-15/h3-5,8-9,15H,2,6-7,10-13H2,1H3,(H,20,23)(H,21,25)/t19-/m0/s1. The van der Waals surface area contributed by atoms with Gasteiger partial charge in [0.25, 0.3) is 5.91 Å². The van der Waals surface area contributed by atoms with Crippen LogP contribution in [0.4, 0.5) is 4.79 Å². The predicted molar refractivity (Wildman–Crippen MR) is 93.7 cm³/mol. The van der Waals surface area contributed by atoms with Crippen LogP contribution >= 0.6 is 0 Å². The van der Waals surface area contributed by atoms with Crippen LogP contribution in [0.3, 0.4) is 0 Å². The van der Waals surface area contributed by atoms with Crippen LogP contribution < -0.4 is 10.6 Å². The third kappa shape index (κ3) is 3.38. The maximum absolute atomic E-state index is 13.1. The van der Waals surface area contributed by atoms with Crippen LogP contribution in [0.5, 0.6) is 0 Å². The first-order valence-corrected chi connectivity index (χ1v) is 9.06. The number of benzene rings is 1. The maximum Gasteiger partial charge on any atom is 0.325 e. The summed E-state index contributed by atoms with van der Waals surface area (Å²) in [5.74, 6) is -0.608. The van der Waals surface area contributed by atoms with Gasteiger partial charge in [-0.1, -0.05) is 56.5 Å². The first kappa shape index (κ1) is 17.5. The highest BCUT2D eigenvalue weighted by Gasteiger charge is 2.52. The first-order chi connectivity index (χ1) is 12.1. The number of hydrogen-bond acceptors (Lipinski definition) is 3. The molecule has 0 spiro atoms. The van der Waals surface area contributed by atoms with E-state index in [-0.39, 0.29) is 24.4 Å². The lowest BCUT2D eigenvalue weighted by atomic mass is 9.85. The summed E-state index contributed by atoms with van der Waals surface area (Å²) >= 11 is 0. The summed E-state index contributed by atoms with van der Waals surface area (Å²) in [5.41, 5.74) is -0.310. The normalized spacial score (nSPS) is 23.8. The van der Waals surface area contributed by atoms with Crippen molar-refractivity contribution in [2.75, 3.05) is 6.54 Å². The fraction of sp³-hybridized carbons (Fsp3) is 0.526. The average Bonchev–Trinajstić information content (AvgIpc) is 3.19. The van der Waals surface area contributed by atoms with Crippen molar-refractivity contribution in [3.05, 3.63) is 35.9 Å². The summed E-state index contributed by atoms with van der Waals surface area (Å²) in [6, 6.07) is 8.93. The minimum absolute atomic E-state index is 0.169. The molecule has 2 N–H and O–H groups in total. The largest absolute Gasteiger partial charge is 0.352 e. The van der Waals surface area contributed by atoms with Crippen LogP contribution in [0, 0.1) is 0 Å².